The maximum Gasteiger partial charge on any atom is 0.198 e. The molecule has 5 rings (SSSR count). The lowest BCUT2D eigenvalue weighted by Gasteiger charge is -2.26. The van der Waals surface area contributed by atoms with E-state index in [0.717, 1.165) is 66.2 Å². The van der Waals surface area contributed by atoms with E-state index in [-0.39, 0.29) is 0 Å². The van der Waals surface area contributed by atoms with Crippen molar-refractivity contribution in [3.8, 4) is 17.2 Å². The summed E-state index contributed by atoms with van der Waals surface area (Å²) in [5.74, 6) is 1.15. The van der Waals surface area contributed by atoms with Crippen LogP contribution in [0.25, 0.3) is 22.2 Å². The van der Waals surface area contributed by atoms with Gasteiger partial charge in [0.2, 0.25) is 0 Å². The Morgan fingerprint density at radius 2 is 2.00 bits per heavy atom. The Balaban J connectivity index is 1.81. The number of hydrogen-bond acceptors (Lipinski definition) is 6. The quantitative estimate of drug-likeness (QED) is 0.657. The molecule has 0 unspecified atom stereocenters. The number of nitrogens with two attached hydrogens (primary N) is 1. The van der Waals surface area contributed by atoms with Crippen molar-refractivity contribution in [1.29, 1.82) is 5.26 Å². The number of fused-ring (bicyclic) bond motifs is 1. The number of para-hydroxylation sites is 1. The Morgan fingerprint density at radius 3 is 2.63 bits per heavy atom. The molecule has 1 atom stereocenters. The minimum Gasteiger partial charge on any atom is -0.438 e. The molecule has 30 heavy (non-hydrogen) atoms. The van der Waals surface area contributed by atoms with Crippen molar-refractivity contribution in [2.24, 2.45) is 0 Å². The van der Waals surface area contributed by atoms with E-state index in [1.54, 1.807) is 0 Å². The summed E-state index contributed by atoms with van der Waals surface area (Å²) in [5, 5.41) is 10.0. The van der Waals surface area contributed by atoms with Crippen LogP contribution in [0.2, 0.25) is 0 Å². The summed E-state index contributed by atoms with van der Waals surface area (Å²) in [6, 6.07) is 10.8. The number of nitriles is 1. The fourth-order valence-electron chi connectivity index (χ4n) is 4.62. The molecule has 0 radical (unpaired) electrons. The number of benzene rings is 2. The highest BCUT2D eigenvalue weighted by molar-refractivity contribution is 6.04. The topological polar surface area (TPSA) is 82.3 Å². The monoisotopic (exact) mass is 401 g/mol. The van der Waals surface area contributed by atoms with Crippen molar-refractivity contribution >= 4 is 22.5 Å². The number of nitrogen functional groups attached to an aromatic ring is 1. The zero-order valence-electron chi connectivity index (χ0n) is 17.8. The van der Waals surface area contributed by atoms with Gasteiger partial charge in [-0.05, 0) is 51.9 Å². The van der Waals surface area contributed by atoms with Gasteiger partial charge >= 0.3 is 0 Å². The molecular weight excluding hydrogens is 374 g/mol. The lowest BCUT2D eigenvalue weighted by Crippen LogP contribution is -2.31. The van der Waals surface area contributed by atoms with Crippen LogP contribution in [0.4, 0.5) is 11.4 Å². The highest BCUT2D eigenvalue weighted by Gasteiger charge is 2.35. The molecule has 3 aromatic rings. The Kier molecular flexibility index (Phi) is 4.44. The number of rotatable bonds is 4. The number of nitrogens with zero attached hydrogens (tertiary/aromatic N) is 4. The van der Waals surface area contributed by atoms with E-state index in [0.29, 0.717) is 28.7 Å². The molecule has 1 saturated carbocycles. The summed E-state index contributed by atoms with van der Waals surface area (Å²) in [6.07, 6.45) is 3.29. The molecule has 2 heterocycles. The lowest BCUT2D eigenvalue weighted by molar-refractivity contribution is 0.315. The van der Waals surface area contributed by atoms with Gasteiger partial charge in [0, 0.05) is 41.9 Å². The normalized spacial score (nSPS) is 19.0. The molecular formula is C24H27N5O. The second-order valence-electron chi connectivity index (χ2n) is 8.78. The Bertz CT molecular complexity index is 1170. The SMILES string of the molecule is Cc1c(-c2ccccc2N)c(N2CC[C@H](N(C)C)C2)c2oc(C3CC3)nc2c1C#N. The van der Waals surface area contributed by atoms with Gasteiger partial charge in [0.05, 0.1) is 11.3 Å². The third-order valence-corrected chi connectivity index (χ3v) is 6.56. The van der Waals surface area contributed by atoms with Crippen LogP contribution in [0.1, 0.15) is 42.2 Å². The highest BCUT2D eigenvalue weighted by atomic mass is 16.4. The van der Waals surface area contributed by atoms with E-state index < -0.39 is 0 Å². The summed E-state index contributed by atoms with van der Waals surface area (Å²) < 4.78 is 6.37. The van der Waals surface area contributed by atoms with Crippen LogP contribution in [0.5, 0.6) is 0 Å². The van der Waals surface area contributed by atoms with E-state index in [1.807, 2.05) is 31.2 Å². The van der Waals surface area contributed by atoms with E-state index in [4.69, 9.17) is 15.1 Å². The third kappa shape index (κ3) is 2.93. The summed E-state index contributed by atoms with van der Waals surface area (Å²) in [6.45, 7) is 3.85. The van der Waals surface area contributed by atoms with Crippen molar-refractivity contribution < 1.29 is 4.42 Å². The Hall–Kier alpha value is -3.04. The molecule has 2 aromatic carbocycles. The van der Waals surface area contributed by atoms with Gasteiger partial charge in [-0.2, -0.15) is 5.26 Å². The minimum atomic E-state index is 0.385. The molecule has 1 aromatic heterocycles. The summed E-state index contributed by atoms with van der Waals surface area (Å²) in [5.41, 5.74) is 13.0. The fourth-order valence-corrected chi connectivity index (χ4v) is 4.62. The van der Waals surface area contributed by atoms with Crippen LogP contribution in [-0.4, -0.2) is 43.1 Å². The molecule has 0 spiro atoms. The van der Waals surface area contributed by atoms with Crippen molar-refractivity contribution in [2.75, 3.05) is 37.8 Å². The Labute approximate surface area is 176 Å². The molecule has 1 aliphatic carbocycles. The van der Waals surface area contributed by atoms with Crippen LogP contribution < -0.4 is 10.6 Å². The van der Waals surface area contributed by atoms with Crippen LogP contribution >= 0.6 is 0 Å². The molecule has 6 nitrogen and oxygen atoms in total. The summed E-state index contributed by atoms with van der Waals surface area (Å²) >= 11 is 0. The average Bonchev–Trinajstić information content (AvgIpc) is 3.29. The molecule has 1 saturated heterocycles. The van der Waals surface area contributed by atoms with E-state index in [9.17, 15) is 5.26 Å². The van der Waals surface area contributed by atoms with Gasteiger partial charge in [-0.25, -0.2) is 4.98 Å². The van der Waals surface area contributed by atoms with Gasteiger partial charge in [0.25, 0.3) is 0 Å². The second-order valence-corrected chi connectivity index (χ2v) is 8.78. The van der Waals surface area contributed by atoms with Gasteiger partial charge in [-0.3, -0.25) is 0 Å². The predicted molar refractivity (Wildman–Crippen MR) is 120 cm³/mol. The first-order valence-electron chi connectivity index (χ1n) is 10.6. The van der Waals surface area contributed by atoms with Crippen molar-refractivity contribution in [2.45, 2.75) is 38.1 Å². The summed E-state index contributed by atoms with van der Waals surface area (Å²) in [7, 11) is 4.26. The average molecular weight is 402 g/mol. The van der Waals surface area contributed by atoms with E-state index in [2.05, 4.69) is 30.0 Å². The number of hydrogen-bond donors (Lipinski definition) is 1. The molecule has 6 heteroatoms. The van der Waals surface area contributed by atoms with Crippen molar-refractivity contribution in [3.63, 3.8) is 0 Å². The lowest BCUT2D eigenvalue weighted by atomic mass is 9.92. The molecule has 2 aliphatic rings. The largest absolute Gasteiger partial charge is 0.438 e. The van der Waals surface area contributed by atoms with Crippen LogP contribution in [0, 0.1) is 18.3 Å². The van der Waals surface area contributed by atoms with E-state index >= 15 is 0 Å². The smallest absolute Gasteiger partial charge is 0.198 e. The number of oxazole rings is 1. The summed E-state index contributed by atoms with van der Waals surface area (Å²) in [4.78, 5) is 9.46. The first-order valence-corrected chi connectivity index (χ1v) is 10.6. The maximum absolute atomic E-state index is 10.0. The third-order valence-electron chi connectivity index (χ3n) is 6.56. The predicted octanol–water partition coefficient (Wildman–Crippen LogP) is 4.27. The second kappa shape index (κ2) is 7.03. The van der Waals surface area contributed by atoms with Gasteiger partial charge in [0.1, 0.15) is 11.6 Å². The van der Waals surface area contributed by atoms with Crippen LogP contribution in [0.3, 0.4) is 0 Å². The number of likely N-dealkylation sites (N-methyl/N-ethyl adjacent to an activating group) is 1. The zero-order valence-corrected chi connectivity index (χ0v) is 17.8. The standard InChI is InChI=1S/C24H27N5O/c1-14-18(12-25)21-23(30-24(27-21)15-8-9-15)22(29-11-10-16(13-29)28(2)3)20(14)17-6-4-5-7-19(17)26/h4-7,15-16H,8-11,13,26H2,1-3H3/t16-/m0/s1. The first-order chi connectivity index (χ1) is 14.5. The minimum absolute atomic E-state index is 0.385. The fraction of sp³-hybridized carbons (Fsp3) is 0.417. The molecule has 2 N–H and O–H groups in total. The maximum atomic E-state index is 10.0. The van der Waals surface area contributed by atoms with Gasteiger partial charge in [-0.15, -0.1) is 0 Å². The molecule has 154 valence electrons. The van der Waals surface area contributed by atoms with E-state index in [1.165, 1.54) is 0 Å². The zero-order chi connectivity index (χ0) is 21.0. The van der Waals surface area contributed by atoms with Crippen LogP contribution in [0.15, 0.2) is 28.7 Å². The number of anilines is 2. The van der Waals surface area contributed by atoms with Gasteiger partial charge < -0.3 is 20.0 Å². The van der Waals surface area contributed by atoms with Gasteiger partial charge in [0.15, 0.2) is 11.5 Å². The molecule has 1 aliphatic heterocycles. The molecule has 2 fully saturated rings. The first kappa shape index (κ1) is 19.0. The van der Waals surface area contributed by atoms with Gasteiger partial charge in [-0.1, -0.05) is 18.2 Å². The Morgan fingerprint density at radius 1 is 1.23 bits per heavy atom. The number of aromatic nitrogens is 1. The van der Waals surface area contributed by atoms with Crippen LogP contribution in [-0.2, 0) is 0 Å². The van der Waals surface area contributed by atoms with Crippen molar-refractivity contribution in [1.82, 2.24) is 9.88 Å². The van der Waals surface area contributed by atoms with Crippen molar-refractivity contribution in [3.05, 3.63) is 41.3 Å². The molecule has 0 amide bonds. The molecule has 0 bridgehead atoms. The highest BCUT2D eigenvalue weighted by Crippen LogP contribution is 2.48.